The number of nitrogens with zero attached hydrogens (tertiary/aromatic N) is 1. The van der Waals surface area contributed by atoms with Gasteiger partial charge in [-0.25, -0.2) is 4.98 Å². The predicted molar refractivity (Wildman–Crippen MR) is 106 cm³/mol. The molecule has 0 unspecified atom stereocenters. The van der Waals surface area contributed by atoms with E-state index < -0.39 is 0 Å². The number of ether oxygens (including phenoxy) is 3. The van der Waals surface area contributed by atoms with Crippen molar-refractivity contribution in [3.8, 4) is 28.5 Å². The third-order valence-corrected chi connectivity index (χ3v) is 5.53. The number of aromatic nitrogens is 1. The molecule has 0 saturated carbocycles. The molecule has 1 amide bonds. The lowest BCUT2D eigenvalue weighted by molar-refractivity contribution is 0.102. The Hall–Kier alpha value is -2.71. The monoisotopic (exact) mass is 400 g/mol. The zero-order chi connectivity index (χ0) is 18.8. The molecule has 3 aromatic rings. The molecule has 6 nitrogen and oxygen atoms in total. The van der Waals surface area contributed by atoms with Gasteiger partial charge >= 0.3 is 0 Å². The van der Waals surface area contributed by atoms with E-state index in [4.69, 9.17) is 14.2 Å². The van der Waals surface area contributed by atoms with Crippen LogP contribution >= 0.6 is 23.1 Å². The second kappa shape index (κ2) is 7.50. The van der Waals surface area contributed by atoms with Crippen LogP contribution in [0.4, 0.5) is 5.13 Å². The molecule has 0 aliphatic carbocycles. The second-order valence-corrected chi connectivity index (χ2v) is 7.36. The molecule has 0 bridgehead atoms. The molecule has 1 aliphatic rings. The molecular formula is C19H16N2O4S2. The van der Waals surface area contributed by atoms with Gasteiger partial charge in [0.25, 0.3) is 5.91 Å². The number of thioether (sulfide) groups is 1. The maximum absolute atomic E-state index is 12.6. The highest BCUT2D eigenvalue weighted by Crippen LogP contribution is 2.36. The number of nitrogens with one attached hydrogen (secondary N) is 1. The SMILES string of the molecule is COc1cc(SC)ccc1C(=O)Nc1nc(-c2ccc3c(c2)OCO3)cs1. The molecule has 1 N–H and O–H groups in total. The van der Waals surface area contributed by atoms with Crippen molar-refractivity contribution < 1.29 is 19.0 Å². The Morgan fingerprint density at radius 2 is 2.07 bits per heavy atom. The van der Waals surface area contributed by atoms with Crippen LogP contribution in [0.5, 0.6) is 17.2 Å². The minimum Gasteiger partial charge on any atom is -0.496 e. The van der Waals surface area contributed by atoms with Crippen LogP contribution in [-0.4, -0.2) is 31.0 Å². The standard InChI is InChI=1S/C19H16N2O4S2/c1-23-16-8-12(26-2)4-5-13(16)18(22)21-19-20-14(9-27-19)11-3-6-15-17(7-11)25-10-24-15/h3-9H,10H2,1-2H3,(H,20,21,22). The molecule has 0 spiro atoms. The Balaban J connectivity index is 1.53. The number of benzene rings is 2. The fourth-order valence-corrected chi connectivity index (χ4v) is 3.81. The molecule has 0 radical (unpaired) electrons. The molecule has 27 heavy (non-hydrogen) atoms. The van der Waals surface area contributed by atoms with Crippen LogP contribution in [0.1, 0.15) is 10.4 Å². The summed E-state index contributed by atoms with van der Waals surface area (Å²) < 4.78 is 16.1. The lowest BCUT2D eigenvalue weighted by Crippen LogP contribution is -2.13. The largest absolute Gasteiger partial charge is 0.496 e. The molecular weight excluding hydrogens is 384 g/mol. The van der Waals surface area contributed by atoms with E-state index in [2.05, 4.69) is 10.3 Å². The Morgan fingerprint density at radius 1 is 1.22 bits per heavy atom. The van der Waals surface area contributed by atoms with Crippen molar-refractivity contribution in [3.05, 3.63) is 47.3 Å². The van der Waals surface area contributed by atoms with Gasteiger partial charge in [0.2, 0.25) is 6.79 Å². The minimum atomic E-state index is -0.258. The van der Waals surface area contributed by atoms with Gasteiger partial charge in [0.15, 0.2) is 16.6 Å². The van der Waals surface area contributed by atoms with Crippen molar-refractivity contribution in [3.63, 3.8) is 0 Å². The number of amides is 1. The maximum atomic E-state index is 12.6. The van der Waals surface area contributed by atoms with E-state index >= 15 is 0 Å². The smallest absolute Gasteiger partial charge is 0.261 e. The summed E-state index contributed by atoms with van der Waals surface area (Å²) in [6.07, 6.45) is 1.97. The summed E-state index contributed by atoms with van der Waals surface area (Å²) >= 11 is 2.95. The Labute approximate surface area is 164 Å². The van der Waals surface area contributed by atoms with Crippen molar-refractivity contribution in [2.24, 2.45) is 0 Å². The molecule has 2 aromatic carbocycles. The van der Waals surface area contributed by atoms with Crippen LogP contribution < -0.4 is 19.5 Å². The summed E-state index contributed by atoms with van der Waals surface area (Å²) in [5.74, 6) is 1.70. The van der Waals surface area contributed by atoms with E-state index in [1.165, 1.54) is 11.3 Å². The molecule has 0 saturated heterocycles. The van der Waals surface area contributed by atoms with Crippen LogP contribution in [0.25, 0.3) is 11.3 Å². The highest BCUT2D eigenvalue weighted by atomic mass is 32.2. The number of carbonyl (C=O) groups is 1. The fourth-order valence-electron chi connectivity index (χ4n) is 2.67. The van der Waals surface area contributed by atoms with Crippen molar-refractivity contribution in [1.29, 1.82) is 0 Å². The summed E-state index contributed by atoms with van der Waals surface area (Å²) in [7, 11) is 1.55. The first-order chi connectivity index (χ1) is 13.2. The highest BCUT2D eigenvalue weighted by Gasteiger charge is 2.17. The van der Waals surface area contributed by atoms with Gasteiger partial charge in [-0.2, -0.15) is 0 Å². The lowest BCUT2D eigenvalue weighted by atomic mass is 10.1. The zero-order valence-corrected chi connectivity index (χ0v) is 16.3. The van der Waals surface area contributed by atoms with Crippen molar-refractivity contribution in [1.82, 2.24) is 4.98 Å². The third-order valence-electron chi connectivity index (χ3n) is 4.05. The Kier molecular flexibility index (Phi) is 4.91. The molecule has 2 heterocycles. The number of fused-ring (bicyclic) bond motifs is 1. The van der Waals surface area contributed by atoms with Gasteiger partial charge in [-0.05, 0) is 42.7 Å². The van der Waals surface area contributed by atoms with E-state index in [-0.39, 0.29) is 12.7 Å². The van der Waals surface area contributed by atoms with E-state index in [0.29, 0.717) is 22.2 Å². The van der Waals surface area contributed by atoms with Crippen molar-refractivity contribution in [2.75, 3.05) is 25.5 Å². The predicted octanol–water partition coefficient (Wildman–Crippen LogP) is 4.52. The van der Waals surface area contributed by atoms with Gasteiger partial charge in [-0.3, -0.25) is 10.1 Å². The molecule has 4 rings (SSSR count). The van der Waals surface area contributed by atoms with Crippen LogP contribution in [0.3, 0.4) is 0 Å². The van der Waals surface area contributed by atoms with Gasteiger partial charge < -0.3 is 14.2 Å². The Bertz CT molecular complexity index is 1000. The average Bonchev–Trinajstić information content (AvgIpc) is 3.35. The van der Waals surface area contributed by atoms with Gasteiger partial charge in [0, 0.05) is 15.8 Å². The van der Waals surface area contributed by atoms with Crippen LogP contribution in [0, 0.1) is 0 Å². The first kappa shape index (κ1) is 17.7. The highest BCUT2D eigenvalue weighted by molar-refractivity contribution is 7.98. The molecule has 0 atom stereocenters. The summed E-state index contributed by atoms with van der Waals surface area (Å²) in [5, 5.41) is 5.25. The molecule has 1 aliphatic heterocycles. The summed E-state index contributed by atoms with van der Waals surface area (Å²) in [6, 6.07) is 11.1. The Morgan fingerprint density at radius 3 is 2.89 bits per heavy atom. The van der Waals surface area contributed by atoms with E-state index in [9.17, 15) is 4.79 Å². The normalized spacial score (nSPS) is 12.1. The number of carbonyl (C=O) groups excluding carboxylic acids is 1. The van der Waals surface area contributed by atoms with E-state index in [1.54, 1.807) is 24.9 Å². The van der Waals surface area contributed by atoms with Gasteiger partial charge in [0.05, 0.1) is 18.4 Å². The van der Waals surface area contributed by atoms with E-state index in [1.807, 2.05) is 42.0 Å². The topological polar surface area (TPSA) is 69.7 Å². The van der Waals surface area contributed by atoms with E-state index in [0.717, 1.165) is 21.9 Å². The summed E-state index contributed by atoms with van der Waals surface area (Å²) in [6.45, 7) is 0.230. The van der Waals surface area contributed by atoms with Gasteiger partial charge in [-0.15, -0.1) is 23.1 Å². The van der Waals surface area contributed by atoms with Crippen molar-refractivity contribution in [2.45, 2.75) is 4.90 Å². The molecule has 8 heteroatoms. The number of hydrogen-bond donors (Lipinski definition) is 1. The quantitative estimate of drug-likeness (QED) is 0.635. The number of rotatable bonds is 5. The number of anilines is 1. The fraction of sp³-hybridized carbons (Fsp3) is 0.158. The number of hydrogen-bond acceptors (Lipinski definition) is 7. The first-order valence-electron chi connectivity index (χ1n) is 8.07. The number of thiazole rings is 1. The summed E-state index contributed by atoms with van der Waals surface area (Å²) in [4.78, 5) is 18.2. The van der Waals surface area contributed by atoms with Gasteiger partial charge in [-0.1, -0.05) is 0 Å². The maximum Gasteiger partial charge on any atom is 0.261 e. The molecule has 1 aromatic heterocycles. The lowest BCUT2D eigenvalue weighted by Gasteiger charge is -2.09. The first-order valence-corrected chi connectivity index (χ1v) is 10.2. The minimum absolute atomic E-state index is 0.230. The van der Waals surface area contributed by atoms with Crippen LogP contribution in [0.2, 0.25) is 0 Å². The van der Waals surface area contributed by atoms with Crippen molar-refractivity contribution >= 4 is 34.1 Å². The second-order valence-electron chi connectivity index (χ2n) is 5.63. The van der Waals surface area contributed by atoms with Gasteiger partial charge in [0.1, 0.15) is 5.75 Å². The number of methoxy groups -OCH3 is 1. The average molecular weight is 400 g/mol. The molecule has 138 valence electrons. The summed E-state index contributed by atoms with van der Waals surface area (Å²) in [5.41, 5.74) is 2.13. The molecule has 0 fully saturated rings. The zero-order valence-electron chi connectivity index (χ0n) is 14.6. The van der Waals surface area contributed by atoms with Crippen LogP contribution in [0.15, 0.2) is 46.7 Å². The van der Waals surface area contributed by atoms with Crippen LogP contribution in [-0.2, 0) is 0 Å². The third kappa shape index (κ3) is 3.58.